The van der Waals surface area contributed by atoms with E-state index in [1.165, 1.54) is 16.2 Å². The fourth-order valence-electron chi connectivity index (χ4n) is 3.41. The van der Waals surface area contributed by atoms with Crippen LogP contribution in [0.25, 0.3) is 0 Å². The summed E-state index contributed by atoms with van der Waals surface area (Å²) in [6.45, 7) is 11.6. The lowest BCUT2D eigenvalue weighted by atomic mass is 10.1. The Morgan fingerprint density at radius 2 is 1.58 bits per heavy atom. The van der Waals surface area contributed by atoms with Gasteiger partial charge in [0, 0.05) is 29.1 Å². The molecule has 7 nitrogen and oxygen atoms in total. The summed E-state index contributed by atoms with van der Waals surface area (Å²) < 4.78 is 0. The summed E-state index contributed by atoms with van der Waals surface area (Å²) in [7, 11) is 0. The summed E-state index contributed by atoms with van der Waals surface area (Å²) in [5.41, 5.74) is 1.16. The van der Waals surface area contributed by atoms with Gasteiger partial charge in [0.2, 0.25) is 11.8 Å². The number of carbonyl (C=O) groups is 3. The highest BCUT2D eigenvalue weighted by atomic mass is 32.1. The van der Waals surface area contributed by atoms with Gasteiger partial charge in [0.15, 0.2) is 5.13 Å². The highest BCUT2D eigenvalue weighted by Gasteiger charge is 2.23. The molecule has 1 N–H and O–H groups in total. The van der Waals surface area contributed by atoms with Gasteiger partial charge >= 0.3 is 0 Å². The van der Waals surface area contributed by atoms with Crippen LogP contribution in [0.3, 0.4) is 0 Å². The Kier molecular flexibility index (Phi) is 8.74. The third-order valence-electron chi connectivity index (χ3n) is 4.75. The van der Waals surface area contributed by atoms with E-state index in [-0.39, 0.29) is 48.8 Å². The minimum atomic E-state index is -0.323. The van der Waals surface area contributed by atoms with Crippen LogP contribution in [0.1, 0.15) is 57.6 Å². The number of hydrogen-bond acceptors (Lipinski definition) is 5. The minimum absolute atomic E-state index is 0.00705. The predicted octanol–water partition coefficient (Wildman–Crippen LogP) is 3.82. The molecule has 2 aromatic rings. The van der Waals surface area contributed by atoms with Crippen molar-refractivity contribution in [3.8, 4) is 0 Å². The molecule has 0 saturated carbocycles. The van der Waals surface area contributed by atoms with E-state index in [1.807, 2.05) is 52.5 Å². The number of anilines is 1. The van der Waals surface area contributed by atoms with Crippen LogP contribution in [0, 0.1) is 0 Å². The van der Waals surface area contributed by atoms with E-state index >= 15 is 0 Å². The molecular weight excluding hydrogens is 412 g/mol. The summed E-state index contributed by atoms with van der Waals surface area (Å²) in [5, 5.41) is 4.95. The molecule has 1 aromatic heterocycles. The first-order valence-electron chi connectivity index (χ1n) is 10.5. The molecule has 0 saturated heterocycles. The van der Waals surface area contributed by atoms with Gasteiger partial charge in [-0.25, -0.2) is 4.98 Å². The zero-order chi connectivity index (χ0) is 23.1. The van der Waals surface area contributed by atoms with Crippen molar-refractivity contribution in [3.63, 3.8) is 0 Å². The van der Waals surface area contributed by atoms with E-state index in [1.54, 1.807) is 29.6 Å². The van der Waals surface area contributed by atoms with E-state index in [4.69, 9.17) is 0 Å². The number of amides is 3. The summed E-state index contributed by atoms with van der Waals surface area (Å²) in [6, 6.07) is 8.97. The predicted molar refractivity (Wildman–Crippen MR) is 124 cm³/mol. The van der Waals surface area contributed by atoms with Crippen molar-refractivity contribution in [2.24, 2.45) is 0 Å². The molecule has 1 heterocycles. The maximum atomic E-state index is 12.8. The maximum absolute atomic E-state index is 12.8. The maximum Gasteiger partial charge on any atom is 0.254 e. The molecule has 0 atom stereocenters. The van der Waals surface area contributed by atoms with Gasteiger partial charge in [-0.05, 0) is 53.7 Å². The number of carbonyl (C=O) groups excluding carboxylic acids is 3. The molecule has 0 unspecified atom stereocenters. The highest BCUT2D eigenvalue weighted by Crippen LogP contribution is 2.18. The second kappa shape index (κ2) is 11.0. The quantitative estimate of drug-likeness (QED) is 0.637. The normalized spacial score (nSPS) is 11.1. The molecule has 0 radical (unpaired) electrons. The van der Waals surface area contributed by atoms with Gasteiger partial charge in [-0.1, -0.05) is 18.2 Å². The second-order valence-electron chi connectivity index (χ2n) is 8.25. The van der Waals surface area contributed by atoms with Crippen LogP contribution in [-0.2, 0) is 16.0 Å². The molecule has 8 heteroatoms. The van der Waals surface area contributed by atoms with Crippen LogP contribution in [0.5, 0.6) is 0 Å². The molecule has 0 bridgehead atoms. The Morgan fingerprint density at radius 3 is 2.13 bits per heavy atom. The Bertz CT molecular complexity index is 885. The first-order valence-corrected chi connectivity index (χ1v) is 11.4. The first-order chi connectivity index (χ1) is 14.6. The van der Waals surface area contributed by atoms with Gasteiger partial charge in [-0.15, -0.1) is 11.3 Å². The molecular formula is C23H32N4O3S. The van der Waals surface area contributed by atoms with Crippen molar-refractivity contribution in [1.82, 2.24) is 14.8 Å². The molecule has 0 aliphatic carbocycles. The summed E-state index contributed by atoms with van der Waals surface area (Å²) >= 11 is 1.27. The third-order valence-corrected chi connectivity index (χ3v) is 5.56. The Labute approximate surface area is 188 Å². The lowest BCUT2D eigenvalue weighted by molar-refractivity contribution is -0.134. The first kappa shape index (κ1) is 24.5. The smallest absolute Gasteiger partial charge is 0.254 e. The number of benzene rings is 1. The standard InChI is InChI=1S/C23H32N4O3S/c1-15(2)26(22(30)18-10-8-7-9-11-18)13-20(28)25-23-24-19(14-31-23)12-21(29)27(16(3)4)17(5)6/h7-11,14-17H,12-13H2,1-6H3,(H,24,25,28). The summed E-state index contributed by atoms with van der Waals surface area (Å²) in [5.74, 6) is -0.512. The number of nitrogens with one attached hydrogen (secondary N) is 1. The van der Waals surface area contributed by atoms with E-state index in [0.29, 0.717) is 16.4 Å². The Balaban J connectivity index is 2.00. The average Bonchev–Trinajstić information content (AvgIpc) is 3.11. The molecule has 0 fully saturated rings. The zero-order valence-electron chi connectivity index (χ0n) is 19.1. The second-order valence-corrected chi connectivity index (χ2v) is 9.11. The van der Waals surface area contributed by atoms with Crippen molar-refractivity contribution in [1.29, 1.82) is 0 Å². The molecule has 3 amide bonds. The van der Waals surface area contributed by atoms with Crippen LogP contribution in [0.15, 0.2) is 35.7 Å². The molecule has 168 valence electrons. The zero-order valence-corrected chi connectivity index (χ0v) is 19.9. The molecule has 1 aromatic carbocycles. The average molecular weight is 445 g/mol. The monoisotopic (exact) mass is 444 g/mol. The number of nitrogens with zero attached hydrogens (tertiary/aromatic N) is 3. The third kappa shape index (κ3) is 6.89. The SMILES string of the molecule is CC(C)N(CC(=O)Nc1nc(CC(=O)N(C(C)C)C(C)C)cs1)C(=O)c1ccccc1. The Hall–Kier alpha value is -2.74. The molecule has 0 aliphatic rings. The van der Waals surface area contributed by atoms with E-state index < -0.39 is 0 Å². The van der Waals surface area contributed by atoms with Crippen LogP contribution >= 0.6 is 11.3 Å². The topological polar surface area (TPSA) is 82.6 Å². The highest BCUT2D eigenvalue weighted by molar-refractivity contribution is 7.13. The molecule has 0 aliphatic heterocycles. The molecule has 31 heavy (non-hydrogen) atoms. The fraction of sp³-hybridized carbons (Fsp3) is 0.478. The van der Waals surface area contributed by atoms with Gasteiger partial charge in [0.1, 0.15) is 6.54 Å². The van der Waals surface area contributed by atoms with Gasteiger partial charge in [-0.2, -0.15) is 0 Å². The Morgan fingerprint density at radius 1 is 0.968 bits per heavy atom. The van der Waals surface area contributed by atoms with Gasteiger partial charge < -0.3 is 15.1 Å². The molecule has 2 rings (SSSR count). The van der Waals surface area contributed by atoms with Crippen LogP contribution in [0.4, 0.5) is 5.13 Å². The van der Waals surface area contributed by atoms with Gasteiger partial charge in [-0.3, -0.25) is 14.4 Å². The molecule has 0 spiro atoms. The van der Waals surface area contributed by atoms with Crippen molar-refractivity contribution < 1.29 is 14.4 Å². The van der Waals surface area contributed by atoms with Crippen molar-refractivity contribution >= 4 is 34.2 Å². The van der Waals surface area contributed by atoms with Gasteiger partial charge in [0.25, 0.3) is 5.91 Å². The van der Waals surface area contributed by atoms with Crippen molar-refractivity contribution in [2.75, 3.05) is 11.9 Å². The fourth-order valence-corrected chi connectivity index (χ4v) is 4.14. The van der Waals surface area contributed by atoms with E-state index in [0.717, 1.165) is 0 Å². The summed E-state index contributed by atoms with van der Waals surface area (Å²) in [6.07, 6.45) is 0.188. The van der Waals surface area contributed by atoms with Crippen LogP contribution < -0.4 is 5.32 Å². The van der Waals surface area contributed by atoms with Gasteiger partial charge in [0.05, 0.1) is 12.1 Å². The number of hydrogen-bond donors (Lipinski definition) is 1. The van der Waals surface area contributed by atoms with Crippen LogP contribution in [-0.4, -0.2) is 57.2 Å². The lowest BCUT2D eigenvalue weighted by Crippen LogP contribution is -2.43. The lowest BCUT2D eigenvalue weighted by Gasteiger charge is -2.30. The largest absolute Gasteiger partial charge is 0.338 e. The van der Waals surface area contributed by atoms with E-state index in [9.17, 15) is 14.4 Å². The number of rotatable bonds is 9. The minimum Gasteiger partial charge on any atom is -0.338 e. The number of thiazole rings is 1. The number of aromatic nitrogens is 1. The van der Waals surface area contributed by atoms with Crippen LogP contribution in [0.2, 0.25) is 0 Å². The summed E-state index contributed by atoms with van der Waals surface area (Å²) in [4.78, 5) is 45.7. The van der Waals surface area contributed by atoms with E-state index in [2.05, 4.69) is 10.3 Å². The van der Waals surface area contributed by atoms with Crippen molar-refractivity contribution in [2.45, 2.75) is 66.1 Å². The van der Waals surface area contributed by atoms with Crippen molar-refractivity contribution in [3.05, 3.63) is 47.0 Å².